The summed E-state index contributed by atoms with van der Waals surface area (Å²) < 4.78 is 11.6. The number of hydrogen-bond acceptors (Lipinski definition) is 7. The second-order valence-corrected chi connectivity index (χ2v) is 8.76. The summed E-state index contributed by atoms with van der Waals surface area (Å²) in [6.07, 6.45) is 1.76. The Labute approximate surface area is 198 Å². The van der Waals surface area contributed by atoms with E-state index < -0.39 is 5.97 Å². The Morgan fingerprint density at radius 2 is 1.82 bits per heavy atom. The van der Waals surface area contributed by atoms with E-state index in [1.54, 1.807) is 20.0 Å². The molecule has 2 aromatic heterocycles. The number of carbonyl (C=O) groups is 1. The molecule has 1 fully saturated rings. The van der Waals surface area contributed by atoms with Gasteiger partial charge in [0, 0.05) is 54.1 Å². The predicted octanol–water partition coefficient (Wildman–Crippen LogP) is 4.51. The van der Waals surface area contributed by atoms with Crippen LogP contribution in [0.4, 0.5) is 0 Å². The van der Waals surface area contributed by atoms with E-state index in [4.69, 9.17) is 9.15 Å². The Balaban J connectivity index is 1.87. The van der Waals surface area contributed by atoms with Crippen molar-refractivity contribution in [1.29, 1.82) is 0 Å². The molecule has 7 heteroatoms. The van der Waals surface area contributed by atoms with Crippen LogP contribution in [-0.2, 0) is 4.74 Å². The molecule has 0 spiro atoms. The molecule has 0 amide bonds. The number of pyridine rings is 1. The number of furan rings is 1. The normalized spacial score (nSPS) is 16.2. The first-order valence-corrected chi connectivity index (χ1v) is 11.7. The van der Waals surface area contributed by atoms with Crippen LogP contribution in [0.15, 0.2) is 53.1 Å². The van der Waals surface area contributed by atoms with Crippen LogP contribution in [0, 0.1) is 6.92 Å². The summed E-state index contributed by atoms with van der Waals surface area (Å²) in [5.41, 5.74) is 2.39. The third kappa shape index (κ3) is 3.71. The van der Waals surface area contributed by atoms with E-state index in [1.165, 1.54) is 0 Å². The predicted molar refractivity (Wildman–Crippen MR) is 131 cm³/mol. The molecule has 1 atom stereocenters. The standard InChI is InChI=1S/C27H29N3O4/c1-4-33-27(32)21-17(2)34-26-19-10-6-5-9-18(19)25(31)23(22(21)26)24(20-11-7-8-12-28-20)30-15-13-29(3)14-16-30/h5-12,24,31H,4,13-16H2,1-3H3/t24-/m1/s1. The molecule has 0 radical (unpaired) electrons. The number of phenols is 1. The number of ether oxygens (including phenoxy) is 1. The Kier molecular flexibility index (Phi) is 5.98. The van der Waals surface area contributed by atoms with Crippen LogP contribution in [0.2, 0.25) is 0 Å². The molecule has 176 valence electrons. The van der Waals surface area contributed by atoms with E-state index in [-0.39, 0.29) is 18.4 Å². The van der Waals surface area contributed by atoms with Crippen LogP contribution in [0.3, 0.4) is 0 Å². The van der Waals surface area contributed by atoms with Crippen molar-refractivity contribution in [2.45, 2.75) is 19.9 Å². The van der Waals surface area contributed by atoms with Crippen LogP contribution >= 0.6 is 0 Å². The average molecular weight is 460 g/mol. The fourth-order valence-electron chi connectivity index (χ4n) is 4.99. The fourth-order valence-corrected chi connectivity index (χ4v) is 4.99. The second-order valence-electron chi connectivity index (χ2n) is 8.76. The maximum Gasteiger partial charge on any atom is 0.342 e. The number of hydrogen-bond donors (Lipinski definition) is 1. The topological polar surface area (TPSA) is 79.0 Å². The number of aromatic nitrogens is 1. The van der Waals surface area contributed by atoms with Crippen molar-refractivity contribution in [2.24, 2.45) is 0 Å². The van der Waals surface area contributed by atoms with Gasteiger partial charge >= 0.3 is 5.97 Å². The van der Waals surface area contributed by atoms with E-state index in [2.05, 4.69) is 21.8 Å². The van der Waals surface area contributed by atoms with Gasteiger partial charge in [0.2, 0.25) is 0 Å². The maximum atomic E-state index is 13.1. The van der Waals surface area contributed by atoms with E-state index in [1.807, 2.05) is 42.5 Å². The lowest BCUT2D eigenvalue weighted by Crippen LogP contribution is -2.46. The highest BCUT2D eigenvalue weighted by molar-refractivity contribution is 6.16. The summed E-state index contributed by atoms with van der Waals surface area (Å²) in [6, 6.07) is 13.0. The third-order valence-corrected chi connectivity index (χ3v) is 6.66. The third-order valence-electron chi connectivity index (χ3n) is 6.66. The van der Waals surface area contributed by atoms with Gasteiger partial charge in [-0.3, -0.25) is 9.88 Å². The number of fused-ring (bicyclic) bond motifs is 3. The molecule has 1 N–H and O–H groups in total. The molecular weight excluding hydrogens is 430 g/mol. The number of rotatable bonds is 5. The van der Waals surface area contributed by atoms with Gasteiger partial charge in [-0.25, -0.2) is 4.79 Å². The Bertz CT molecular complexity index is 1340. The van der Waals surface area contributed by atoms with Crippen LogP contribution in [0.25, 0.3) is 21.7 Å². The molecule has 0 unspecified atom stereocenters. The van der Waals surface area contributed by atoms with Gasteiger partial charge in [0.25, 0.3) is 0 Å². The zero-order chi connectivity index (χ0) is 23.8. The number of phenolic OH excluding ortho intramolecular Hbond substituents is 1. The van der Waals surface area contributed by atoms with Crippen molar-refractivity contribution in [3.8, 4) is 5.75 Å². The molecule has 34 heavy (non-hydrogen) atoms. The monoisotopic (exact) mass is 459 g/mol. The van der Waals surface area contributed by atoms with Gasteiger partial charge < -0.3 is 19.2 Å². The highest BCUT2D eigenvalue weighted by Gasteiger charge is 2.35. The van der Waals surface area contributed by atoms with Crippen molar-refractivity contribution in [1.82, 2.24) is 14.8 Å². The first-order valence-electron chi connectivity index (χ1n) is 11.7. The summed E-state index contributed by atoms with van der Waals surface area (Å²) >= 11 is 0. The molecule has 4 aromatic rings. The van der Waals surface area contributed by atoms with Crippen molar-refractivity contribution in [3.63, 3.8) is 0 Å². The highest BCUT2D eigenvalue weighted by Crippen LogP contribution is 2.47. The maximum absolute atomic E-state index is 13.1. The van der Waals surface area contributed by atoms with Gasteiger partial charge in [-0.05, 0) is 33.0 Å². The zero-order valence-electron chi connectivity index (χ0n) is 19.7. The number of piperazine rings is 1. The van der Waals surface area contributed by atoms with Gasteiger partial charge in [-0.1, -0.05) is 30.3 Å². The lowest BCUT2D eigenvalue weighted by atomic mass is 9.90. The van der Waals surface area contributed by atoms with Crippen molar-refractivity contribution in [2.75, 3.05) is 39.8 Å². The van der Waals surface area contributed by atoms with Crippen molar-refractivity contribution in [3.05, 3.63) is 71.2 Å². The van der Waals surface area contributed by atoms with Crippen molar-refractivity contribution < 1.29 is 19.1 Å². The van der Waals surface area contributed by atoms with Crippen LogP contribution in [0.1, 0.15) is 40.3 Å². The number of aryl methyl sites for hydroxylation is 1. The number of esters is 1. The quantitative estimate of drug-likeness (QED) is 0.440. The van der Waals surface area contributed by atoms with E-state index in [0.29, 0.717) is 33.2 Å². The number of benzene rings is 2. The van der Waals surface area contributed by atoms with Gasteiger partial charge in [0.15, 0.2) is 0 Å². The Hall–Kier alpha value is -3.42. The largest absolute Gasteiger partial charge is 0.507 e. The Morgan fingerprint density at radius 3 is 2.50 bits per heavy atom. The van der Waals surface area contributed by atoms with Gasteiger partial charge in [-0.2, -0.15) is 0 Å². The minimum Gasteiger partial charge on any atom is -0.507 e. The number of aromatic hydroxyl groups is 1. The first kappa shape index (κ1) is 22.4. The van der Waals surface area contributed by atoms with E-state index >= 15 is 0 Å². The molecule has 5 rings (SSSR count). The summed E-state index contributed by atoms with van der Waals surface area (Å²) in [5, 5.41) is 13.8. The lowest BCUT2D eigenvalue weighted by Gasteiger charge is -2.38. The Morgan fingerprint density at radius 1 is 1.12 bits per heavy atom. The molecule has 3 heterocycles. The van der Waals surface area contributed by atoms with Crippen LogP contribution < -0.4 is 0 Å². The van der Waals surface area contributed by atoms with Crippen LogP contribution in [0.5, 0.6) is 5.75 Å². The summed E-state index contributed by atoms with van der Waals surface area (Å²) in [7, 11) is 2.11. The molecule has 1 aliphatic rings. The van der Waals surface area contributed by atoms with E-state index in [9.17, 15) is 9.90 Å². The van der Waals surface area contributed by atoms with E-state index in [0.717, 1.165) is 37.3 Å². The zero-order valence-corrected chi connectivity index (χ0v) is 19.7. The minimum absolute atomic E-state index is 0.143. The smallest absolute Gasteiger partial charge is 0.342 e. The first-order chi connectivity index (χ1) is 16.5. The summed E-state index contributed by atoms with van der Waals surface area (Å²) in [6.45, 7) is 7.21. The average Bonchev–Trinajstić information content (AvgIpc) is 3.20. The van der Waals surface area contributed by atoms with Crippen molar-refractivity contribution >= 4 is 27.7 Å². The van der Waals surface area contributed by atoms with Gasteiger partial charge in [0.1, 0.15) is 22.7 Å². The number of nitrogens with zero attached hydrogens (tertiary/aromatic N) is 3. The number of carbonyl (C=O) groups excluding carboxylic acids is 1. The molecule has 1 saturated heterocycles. The molecular formula is C27H29N3O4. The van der Waals surface area contributed by atoms with Gasteiger partial charge in [0.05, 0.1) is 18.3 Å². The SMILES string of the molecule is CCOC(=O)c1c(C)oc2c1c([C@@H](c1ccccn1)N1CCN(C)CC1)c(O)c1ccccc12. The highest BCUT2D eigenvalue weighted by atomic mass is 16.5. The fraction of sp³-hybridized carbons (Fsp3) is 0.333. The summed E-state index contributed by atoms with van der Waals surface area (Å²) in [5.74, 6) is 0.167. The molecule has 2 aromatic carbocycles. The molecule has 0 saturated carbocycles. The molecule has 1 aliphatic heterocycles. The molecule has 0 bridgehead atoms. The van der Waals surface area contributed by atoms with Gasteiger partial charge in [-0.15, -0.1) is 0 Å². The lowest BCUT2D eigenvalue weighted by molar-refractivity contribution is 0.0526. The molecule has 7 nitrogen and oxygen atoms in total. The molecule has 0 aliphatic carbocycles. The number of likely N-dealkylation sites (N-methyl/N-ethyl adjacent to an activating group) is 1. The summed E-state index contributed by atoms with van der Waals surface area (Å²) in [4.78, 5) is 22.4. The van der Waals surface area contributed by atoms with Crippen LogP contribution in [-0.4, -0.2) is 65.7 Å². The second kappa shape index (κ2) is 9.08. The minimum atomic E-state index is -0.451.